The van der Waals surface area contributed by atoms with E-state index in [0.717, 1.165) is 67.7 Å². The number of nitrogens with zero attached hydrogens (tertiary/aromatic N) is 3. The Hall–Kier alpha value is -4.38. The number of pyridine rings is 1. The Morgan fingerprint density at radius 3 is 2.76 bits per heavy atom. The van der Waals surface area contributed by atoms with Crippen LogP contribution in [0.1, 0.15) is 5.56 Å². The van der Waals surface area contributed by atoms with Crippen LogP contribution in [0.2, 0.25) is 0 Å². The Labute approximate surface area is 190 Å². The van der Waals surface area contributed by atoms with E-state index in [2.05, 4.69) is 73.0 Å². The Bertz CT molecular complexity index is 1740. The molecule has 0 bridgehead atoms. The summed E-state index contributed by atoms with van der Waals surface area (Å²) in [6.07, 6.45) is 6.19. The van der Waals surface area contributed by atoms with Gasteiger partial charge in [-0.15, -0.1) is 0 Å². The molecule has 1 aliphatic heterocycles. The number of rotatable bonds is 2. The molecule has 0 aliphatic carbocycles. The van der Waals surface area contributed by atoms with Crippen molar-refractivity contribution in [3.63, 3.8) is 0 Å². The summed E-state index contributed by atoms with van der Waals surface area (Å²) in [4.78, 5) is 9.51. The normalized spacial score (nSPS) is 13.0. The fourth-order valence-electron chi connectivity index (χ4n) is 4.75. The molecule has 4 heterocycles. The number of hydrogen-bond acceptors (Lipinski definition) is 4. The highest BCUT2D eigenvalue weighted by molar-refractivity contribution is 6.09. The second-order valence-electron chi connectivity index (χ2n) is 8.45. The predicted molar refractivity (Wildman–Crippen MR) is 134 cm³/mol. The first kappa shape index (κ1) is 18.2. The van der Waals surface area contributed by atoms with Crippen molar-refractivity contribution in [1.29, 1.82) is 0 Å². The zero-order valence-electron chi connectivity index (χ0n) is 18.0. The molecule has 7 rings (SSSR count). The van der Waals surface area contributed by atoms with E-state index in [1.165, 1.54) is 0 Å². The van der Waals surface area contributed by atoms with Gasteiger partial charge < -0.3 is 9.73 Å². The number of para-hydroxylation sites is 1. The van der Waals surface area contributed by atoms with Gasteiger partial charge in [0.05, 0.1) is 11.2 Å². The topological polar surface area (TPSA) is 55.9 Å². The molecule has 0 spiro atoms. The van der Waals surface area contributed by atoms with Crippen LogP contribution in [0.3, 0.4) is 0 Å². The fourth-order valence-corrected chi connectivity index (χ4v) is 4.75. The van der Waals surface area contributed by atoms with Gasteiger partial charge >= 0.3 is 0 Å². The Balaban J connectivity index is 1.37. The van der Waals surface area contributed by atoms with Gasteiger partial charge in [0.15, 0.2) is 0 Å². The van der Waals surface area contributed by atoms with Gasteiger partial charge in [0.25, 0.3) is 0 Å². The Morgan fingerprint density at radius 2 is 1.82 bits per heavy atom. The van der Waals surface area contributed by atoms with Crippen molar-refractivity contribution < 1.29 is 4.42 Å². The van der Waals surface area contributed by atoms with E-state index in [0.29, 0.717) is 5.71 Å². The van der Waals surface area contributed by atoms with E-state index in [4.69, 9.17) is 14.4 Å². The van der Waals surface area contributed by atoms with Crippen LogP contribution in [0.5, 0.6) is 0 Å². The maximum atomic E-state index is 6.28. The van der Waals surface area contributed by atoms with Crippen molar-refractivity contribution >= 4 is 45.1 Å². The van der Waals surface area contributed by atoms with Crippen LogP contribution >= 0.6 is 0 Å². The zero-order chi connectivity index (χ0) is 21.9. The number of benzene rings is 3. The first-order valence-electron chi connectivity index (χ1n) is 11.1. The first-order valence-corrected chi connectivity index (χ1v) is 11.1. The molecule has 5 heteroatoms. The minimum absolute atomic E-state index is 0.682. The van der Waals surface area contributed by atoms with E-state index >= 15 is 0 Å². The number of imidazole rings is 1. The highest BCUT2D eigenvalue weighted by atomic mass is 16.3. The predicted octanol–water partition coefficient (Wildman–Crippen LogP) is 6.87. The largest absolute Gasteiger partial charge is 0.437 e. The molecule has 0 atom stereocenters. The lowest BCUT2D eigenvalue weighted by molar-refractivity contribution is 0.653. The summed E-state index contributed by atoms with van der Waals surface area (Å²) in [7, 11) is 0. The van der Waals surface area contributed by atoms with Gasteiger partial charge in [-0.3, -0.25) is 4.57 Å². The van der Waals surface area contributed by atoms with Gasteiger partial charge in [0, 0.05) is 46.2 Å². The number of furan rings is 1. The molecule has 158 valence electrons. The van der Waals surface area contributed by atoms with Crippen LogP contribution in [-0.2, 0) is 0 Å². The number of aryl methyl sites for hydroxylation is 1. The Morgan fingerprint density at radius 1 is 0.909 bits per heavy atom. The monoisotopic (exact) mass is 428 g/mol. The third-order valence-corrected chi connectivity index (χ3v) is 6.43. The van der Waals surface area contributed by atoms with Crippen LogP contribution in [0.4, 0.5) is 5.95 Å². The molecule has 1 N–H and O–H groups in total. The third-order valence-electron chi connectivity index (χ3n) is 6.43. The average Bonchev–Trinajstić information content (AvgIpc) is 3.45. The quantitative estimate of drug-likeness (QED) is 0.327. The lowest BCUT2D eigenvalue weighted by Gasteiger charge is -2.08. The van der Waals surface area contributed by atoms with Gasteiger partial charge in [0.1, 0.15) is 5.58 Å². The number of aromatic nitrogens is 3. The molecular weight excluding hydrogens is 408 g/mol. The molecule has 1 aliphatic rings. The van der Waals surface area contributed by atoms with Crippen molar-refractivity contribution in [3.8, 4) is 22.4 Å². The fraction of sp³-hybridized carbons (Fsp3) is 0.0714. The molecule has 0 saturated heterocycles. The van der Waals surface area contributed by atoms with Crippen LogP contribution < -0.4 is 5.32 Å². The van der Waals surface area contributed by atoms with Gasteiger partial charge in [-0.05, 0) is 48.4 Å². The minimum Gasteiger partial charge on any atom is -0.437 e. The molecule has 5 nitrogen and oxygen atoms in total. The SMILES string of the molecule is Cc1c(-c2cccc(-c3cn4c(n3)NCC=C4)c2)ccc2c1oc1nc3ccccc3cc12. The van der Waals surface area contributed by atoms with Crippen molar-refractivity contribution in [2.24, 2.45) is 0 Å². The number of fused-ring (bicyclic) bond motifs is 5. The highest BCUT2D eigenvalue weighted by Crippen LogP contribution is 2.37. The molecule has 0 radical (unpaired) electrons. The van der Waals surface area contributed by atoms with Crippen molar-refractivity contribution in [2.45, 2.75) is 6.92 Å². The lowest BCUT2D eigenvalue weighted by Crippen LogP contribution is -2.07. The molecular formula is C28H20N4O. The highest BCUT2D eigenvalue weighted by Gasteiger charge is 2.16. The third kappa shape index (κ3) is 2.79. The smallest absolute Gasteiger partial charge is 0.227 e. The number of nitrogens with one attached hydrogen (secondary N) is 1. The molecule has 33 heavy (non-hydrogen) atoms. The number of hydrogen-bond donors (Lipinski definition) is 1. The van der Waals surface area contributed by atoms with E-state index in [9.17, 15) is 0 Å². The standard InChI is InChI=1S/C28H20N4O/c1-17-21(18-7-4-8-19(14-18)25-16-32-13-5-12-29-28(32)31-25)10-11-22-23-15-20-6-2-3-9-24(20)30-27(23)33-26(17)22/h2-11,13-16H,12H2,1H3,(H,29,31). The molecule has 3 aromatic carbocycles. The van der Waals surface area contributed by atoms with Crippen molar-refractivity contribution in [2.75, 3.05) is 11.9 Å². The maximum Gasteiger partial charge on any atom is 0.227 e. The van der Waals surface area contributed by atoms with Gasteiger partial charge in [0.2, 0.25) is 11.7 Å². The molecule has 0 unspecified atom stereocenters. The van der Waals surface area contributed by atoms with Crippen LogP contribution in [0.15, 0.2) is 83.4 Å². The van der Waals surface area contributed by atoms with Crippen LogP contribution in [-0.4, -0.2) is 21.1 Å². The zero-order valence-corrected chi connectivity index (χ0v) is 18.0. The molecule has 0 fully saturated rings. The summed E-state index contributed by atoms with van der Waals surface area (Å²) in [6.45, 7) is 2.92. The second-order valence-corrected chi connectivity index (χ2v) is 8.45. The Kier molecular flexibility index (Phi) is 3.76. The first-order chi connectivity index (χ1) is 16.2. The minimum atomic E-state index is 0.682. The van der Waals surface area contributed by atoms with Gasteiger partial charge in [-0.1, -0.05) is 42.5 Å². The maximum absolute atomic E-state index is 6.28. The average molecular weight is 428 g/mol. The van der Waals surface area contributed by atoms with Crippen LogP contribution in [0.25, 0.3) is 61.6 Å². The summed E-state index contributed by atoms with van der Waals surface area (Å²) in [6, 6.07) is 23.2. The summed E-state index contributed by atoms with van der Waals surface area (Å²) in [5.41, 5.74) is 7.95. The van der Waals surface area contributed by atoms with E-state index in [1.807, 2.05) is 29.0 Å². The molecule has 3 aromatic heterocycles. The van der Waals surface area contributed by atoms with Gasteiger partial charge in [-0.2, -0.15) is 0 Å². The molecule has 6 aromatic rings. The van der Waals surface area contributed by atoms with E-state index in [1.54, 1.807) is 0 Å². The van der Waals surface area contributed by atoms with Crippen molar-refractivity contribution in [3.05, 3.63) is 84.6 Å². The number of anilines is 1. The van der Waals surface area contributed by atoms with Crippen molar-refractivity contribution in [1.82, 2.24) is 14.5 Å². The van der Waals surface area contributed by atoms with E-state index < -0.39 is 0 Å². The van der Waals surface area contributed by atoms with Gasteiger partial charge in [-0.25, -0.2) is 9.97 Å². The second kappa shape index (κ2) is 6.81. The summed E-state index contributed by atoms with van der Waals surface area (Å²) in [5, 5.41) is 6.57. The van der Waals surface area contributed by atoms with Crippen LogP contribution in [0, 0.1) is 6.92 Å². The van der Waals surface area contributed by atoms with E-state index in [-0.39, 0.29) is 0 Å². The molecule has 0 amide bonds. The summed E-state index contributed by atoms with van der Waals surface area (Å²) < 4.78 is 8.30. The lowest BCUT2D eigenvalue weighted by atomic mass is 9.96. The summed E-state index contributed by atoms with van der Waals surface area (Å²) >= 11 is 0. The molecule has 0 saturated carbocycles. The summed E-state index contributed by atoms with van der Waals surface area (Å²) in [5.74, 6) is 0.873.